The SMILES string of the molecule is C#COS(=O)(=O)Oc1ccccc1. The van der Waals surface area contributed by atoms with Gasteiger partial charge in [0, 0.05) is 0 Å². The maximum Gasteiger partial charge on any atom is 0.509 e. The second kappa shape index (κ2) is 3.83. The summed E-state index contributed by atoms with van der Waals surface area (Å²) in [5.41, 5.74) is 0. The van der Waals surface area contributed by atoms with E-state index in [0.717, 1.165) is 0 Å². The molecule has 0 spiro atoms. The first kappa shape index (κ1) is 9.42. The van der Waals surface area contributed by atoms with Crippen molar-refractivity contribution in [3.05, 3.63) is 30.3 Å². The summed E-state index contributed by atoms with van der Waals surface area (Å²) in [6.45, 7) is 0. The second-order valence-corrected chi connectivity index (χ2v) is 3.16. The fourth-order valence-electron chi connectivity index (χ4n) is 0.670. The Bertz CT molecular complexity index is 402. The third-order valence-electron chi connectivity index (χ3n) is 1.09. The van der Waals surface area contributed by atoms with Gasteiger partial charge in [-0.3, -0.25) is 4.18 Å². The van der Waals surface area contributed by atoms with Crippen LogP contribution in [0.15, 0.2) is 30.3 Å². The predicted octanol–water partition coefficient (Wildman–Crippen LogP) is 0.917. The molecule has 0 radical (unpaired) electrons. The first-order valence-corrected chi connectivity index (χ1v) is 4.61. The maximum absolute atomic E-state index is 10.8. The number of para-hydroxylation sites is 1. The first-order chi connectivity index (χ1) is 6.14. The molecular weight excluding hydrogens is 192 g/mol. The van der Waals surface area contributed by atoms with Crippen molar-refractivity contribution >= 4 is 10.4 Å². The lowest BCUT2D eigenvalue weighted by Gasteiger charge is -2.01. The van der Waals surface area contributed by atoms with Gasteiger partial charge in [-0.15, -0.1) is 8.42 Å². The Labute approximate surface area is 76.4 Å². The number of rotatable bonds is 3. The molecule has 1 aromatic carbocycles. The fourth-order valence-corrected chi connectivity index (χ4v) is 1.17. The van der Waals surface area contributed by atoms with E-state index in [0.29, 0.717) is 0 Å². The van der Waals surface area contributed by atoms with Crippen molar-refractivity contribution in [2.45, 2.75) is 0 Å². The van der Waals surface area contributed by atoms with Crippen LogP contribution >= 0.6 is 0 Å². The van der Waals surface area contributed by atoms with Crippen molar-refractivity contribution in [3.63, 3.8) is 0 Å². The summed E-state index contributed by atoms with van der Waals surface area (Å²) in [6.07, 6.45) is 6.15. The Morgan fingerprint density at radius 2 is 1.85 bits per heavy atom. The molecule has 0 saturated carbocycles. The summed E-state index contributed by atoms with van der Waals surface area (Å²) in [5, 5.41) is 0. The van der Waals surface area contributed by atoms with Gasteiger partial charge in [-0.25, -0.2) is 0 Å². The highest BCUT2D eigenvalue weighted by molar-refractivity contribution is 7.82. The standard InChI is InChI=1S/C8H6O4S/c1-2-11-13(9,10)12-8-6-4-3-5-7-8/h1,3-7H. The summed E-state index contributed by atoms with van der Waals surface area (Å²) in [7, 11) is -4.12. The number of terminal acetylenes is 1. The topological polar surface area (TPSA) is 52.6 Å². The number of benzene rings is 1. The molecule has 0 aliphatic rings. The monoisotopic (exact) mass is 198 g/mol. The molecule has 0 unspecified atom stereocenters. The van der Waals surface area contributed by atoms with Crippen molar-refractivity contribution < 1.29 is 16.8 Å². The Kier molecular flexibility index (Phi) is 2.77. The summed E-state index contributed by atoms with van der Waals surface area (Å²) in [5.74, 6) is 0.151. The van der Waals surface area contributed by atoms with Gasteiger partial charge in [0.25, 0.3) is 0 Å². The molecule has 0 heterocycles. The maximum atomic E-state index is 10.8. The van der Waals surface area contributed by atoms with E-state index < -0.39 is 10.4 Å². The van der Waals surface area contributed by atoms with E-state index in [2.05, 4.69) is 14.8 Å². The zero-order valence-electron chi connectivity index (χ0n) is 6.51. The molecule has 1 aromatic rings. The lowest BCUT2D eigenvalue weighted by molar-refractivity contribution is 0.377. The Hall–Kier alpha value is -1.67. The average Bonchev–Trinajstić information content (AvgIpc) is 2.04. The summed E-state index contributed by atoms with van der Waals surface area (Å²) >= 11 is 0. The van der Waals surface area contributed by atoms with Crippen LogP contribution in [0.25, 0.3) is 0 Å². The largest absolute Gasteiger partial charge is 0.509 e. The summed E-state index contributed by atoms with van der Waals surface area (Å²) < 4.78 is 30.0. The Morgan fingerprint density at radius 3 is 2.38 bits per heavy atom. The van der Waals surface area contributed by atoms with E-state index in [1.807, 2.05) is 0 Å². The van der Waals surface area contributed by atoms with Gasteiger partial charge in [-0.05, 0) is 12.1 Å². The smallest absolute Gasteiger partial charge is 0.352 e. The number of hydrogen-bond donors (Lipinski definition) is 0. The van der Waals surface area contributed by atoms with Crippen molar-refractivity contribution in [2.24, 2.45) is 0 Å². The molecule has 0 saturated heterocycles. The lowest BCUT2D eigenvalue weighted by atomic mass is 10.3. The van der Waals surface area contributed by atoms with Gasteiger partial charge in [0.05, 0.1) is 0 Å². The minimum Gasteiger partial charge on any atom is -0.352 e. The molecule has 0 aliphatic carbocycles. The average molecular weight is 198 g/mol. The van der Waals surface area contributed by atoms with Crippen LogP contribution in [0.5, 0.6) is 5.75 Å². The van der Waals surface area contributed by atoms with Crippen molar-refractivity contribution in [1.82, 2.24) is 0 Å². The molecule has 0 aromatic heterocycles. The Morgan fingerprint density at radius 1 is 1.23 bits per heavy atom. The van der Waals surface area contributed by atoms with E-state index in [4.69, 9.17) is 0 Å². The van der Waals surface area contributed by atoms with Gasteiger partial charge >= 0.3 is 10.4 Å². The molecular formula is C8H6O4S. The van der Waals surface area contributed by atoms with Crippen LogP contribution in [0.2, 0.25) is 0 Å². The van der Waals surface area contributed by atoms with Gasteiger partial charge in [0.15, 0.2) is 0 Å². The van der Waals surface area contributed by atoms with Crippen LogP contribution in [0.1, 0.15) is 0 Å². The highest BCUT2D eigenvalue weighted by Gasteiger charge is 2.12. The van der Waals surface area contributed by atoms with E-state index in [1.54, 1.807) is 18.2 Å². The molecule has 0 amide bonds. The van der Waals surface area contributed by atoms with Crippen LogP contribution in [0.4, 0.5) is 0 Å². The zero-order valence-corrected chi connectivity index (χ0v) is 7.32. The third kappa shape index (κ3) is 3.05. The molecule has 0 N–H and O–H groups in total. The van der Waals surface area contributed by atoms with E-state index >= 15 is 0 Å². The molecule has 13 heavy (non-hydrogen) atoms. The fraction of sp³-hybridized carbons (Fsp3) is 0. The Balaban J connectivity index is 2.77. The van der Waals surface area contributed by atoms with Crippen LogP contribution in [-0.4, -0.2) is 8.42 Å². The minimum absolute atomic E-state index is 0.151. The quantitative estimate of drug-likeness (QED) is 0.677. The van der Waals surface area contributed by atoms with E-state index in [1.165, 1.54) is 18.2 Å². The van der Waals surface area contributed by atoms with Crippen molar-refractivity contribution in [1.29, 1.82) is 0 Å². The van der Waals surface area contributed by atoms with Gasteiger partial charge in [0.1, 0.15) is 11.9 Å². The summed E-state index contributed by atoms with van der Waals surface area (Å²) in [4.78, 5) is 0. The molecule has 0 fully saturated rings. The molecule has 5 heteroatoms. The van der Waals surface area contributed by atoms with Gasteiger partial charge in [0.2, 0.25) is 0 Å². The second-order valence-electron chi connectivity index (χ2n) is 2.01. The molecule has 1 rings (SSSR count). The highest BCUT2D eigenvalue weighted by Crippen LogP contribution is 2.11. The van der Waals surface area contributed by atoms with Crippen LogP contribution < -0.4 is 4.18 Å². The van der Waals surface area contributed by atoms with Crippen LogP contribution in [0.3, 0.4) is 0 Å². The van der Waals surface area contributed by atoms with Crippen molar-refractivity contribution in [3.8, 4) is 18.3 Å². The highest BCUT2D eigenvalue weighted by atomic mass is 32.3. The summed E-state index contributed by atoms with van der Waals surface area (Å²) in [6, 6.07) is 7.91. The normalized spacial score (nSPS) is 10.1. The molecule has 0 atom stereocenters. The van der Waals surface area contributed by atoms with Crippen molar-refractivity contribution in [2.75, 3.05) is 0 Å². The lowest BCUT2D eigenvalue weighted by Crippen LogP contribution is -2.09. The molecule has 4 nitrogen and oxygen atoms in total. The molecule has 0 bridgehead atoms. The van der Waals surface area contributed by atoms with Gasteiger partial charge in [-0.2, -0.15) is 0 Å². The number of hydrogen-bond acceptors (Lipinski definition) is 4. The van der Waals surface area contributed by atoms with Gasteiger partial charge < -0.3 is 4.18 Å². The van der Waals surface area contributed by atoms with E-state index in [9.17, 15) is 8.42 Å². The zero-order chi connectivity index (χ0) is 9.73. The predicted molar refractivity (Wildman–Crippen MR) is 45.9 cm³/mol. The molecule has 0 aliphatic heterocycles. The van der Waals surface area contributed by atoms with E-state index in [-0.39, 0.29) is 5.75 Å². The van der Waals surface area contributed by atoms with Gasteiger partial charge in [-0.1, -0.05) is 24.6 Å². The first-order valence-electron chi connectivity index (χ1n) is 3.27. The molecule has 68 valence electrons. The van der Waals surface area contributed by atoms with Crippen LogP contribution in [-0.2, 0) is 14.6 Å². The third-order valence-corrected chi connectivity index (χ3v) is 1.79. The van der Waals surface area contributed by atoms with Crippen LogP contribution in [0, 0.1) is 12.5 Å². The minimum atomic E-state index is -4.12.